The van der Waals surface area contributed by atoms with Gasteiger partial charge in [0.15, 0.2) is 10.9 Å². The van der Waals surface area contributed by atoms with Gasteiger partial charge in [-0.2, -0.15) is 0 Å². The highest BCUT2D eigenvalue weighted by Crippen LogP contribution is 2.63. The number of carbonyl (C=O) groups is 1. The molecule has 3 aliphatic rings. The molecule has 3 fully saturated rings. The van der Waals surface area contributed by atoms with E-state index >= 15 is 0 Å². The molecule has 0 radical (unpaired) electrons. The summed E-state index contributed by atoms with van der Waals surface area (Å²) in [6.45, 7) is 8.75. The molecule has 2 bridgehead atoms. The predicted octanol–water partition coefficient (Wildman–Crippen LogP) is 2.74. The molecule has 112 valence electrons. The zero-order valence-corrected chi connectivity index (χ0v) is 13.7. The van der Waals surface area contributed by atoms with Crippen LogP contribution in [0.1, 0.15) is 52.9 Å². The number of carbonyl (C=O) groups excluding carboxylic acids is 1. The van der Waals surface area contributed by atoms with E-state index < -0.39 is 0 Å². The molecule has 3 rings (SSSR count). The molecule has 20 heavy (non-hydrogen) atoms. The highest BCUT2D eigenvalue weighted by atomic mass is 32.1. The van der Waals surface area contributed by atoms with E-state index in [2.05, 4.69) is 31.0 Å². The lowest BCUT2D eigenvalue weighted by atomic mass is 9.70. The Hall–Kier alpha value is -0.640. The van der Waals surface area contributed by atoms with Gasteiger partial charge in [0.1, 0.15) is 0 Å². The van der Waals surface area contributed by atoms with E-state index in [-0.39, 0.29) is 16.9 Å². The van der Waals surface area contributed by atoms with Crippen LogP contribution >= 0.6 is 12.2 Å². The second-order valence-corrected chi connectivity index (χ2v) is 7.92. The first-order valence-corrected chi connectivity index (χ1v) is 8.38. The highest BCUT2D eigenvalue weighted by molar-refractivity contribution is 7.80. The third-order valence-corrected chi connectivity index (χ3v) is 6.83. The van der Waals surface area contributed by atoms with E-state index in [4.69, 9.17) is 12.2 Å². The number of ketones is 1. The van der Waals surface area contributed by atoms with Crippen LogP contribution in [0.25, 0.3) is 0 Å². The van der Waals surface area contributed by atoms with E-state index in [9.17, 15) is 4.79 Å². The van der Waals surface area contributed by atoms with Gasteiger partial charge in [0.05, 0.1) is 6.04 Å². The Bertz CT molecular complexity index is 442. The Morgan fingerprint density at radius 3 is 2.45 bits per heavy atom. The Morgan fingerprint density at radius 1 is 1.25 bits per heavy atom. The van der Waals surface area contributed by atoms with Gasteiger partial charge in [-0.25, -0.2) is 0 Å². The maximum atomic E-state index is 12.8. The maximum Gasteiger partial charge on any atom is 0.169 e. The van der Waals surface area contributed by atoms with Crippen LogP contribution in [0.2, 0.25) is 0 Å². The number of nitrogens with one attached hydrogen (secondary N) is 1. The van der Waals surface area contributed by atoms with Crippen molar-refractivity contribution in [3.8, 4) is 0 Å². The minimum Gasteiger partial charge on any atom is -0.352 e. The minimum atomic E-state index is -0.160. The van der Waals surface area contributed by atoms with Crippen molar-refractivity contribution in [1.29, 1.82) is 0 Å². The van der Waals surface area contributed by atoms with Crippen LogP contribution in [0, 0.1) is 16.7 Å². The van der Waals surface area contributed by atoms with Crippen LogP contribution in [0.15, 0.2) is 0 Å². The van der Waals surface area contributed by atoms with Crippen molar-refractivity contribution in [2.75, 3.05) is 13.1 Å². The van der Waals surface area contributed by atoms with Crippen molar-refractivity contribution < 1.29 is 4.79 Å². The molecule has 1 saturated heterocycles. The summed E-state index contributed by atoms with van der Waals surface area (Å²) in [5.41, 5.74) is -0.0634. The lowest BCUT2D eigenvalue weighted by Gasteiger charge is -2.33. The summed E-state index contributed by atoms with van der Waals surface area (Å²) in [5, 5.41) is 4.22. The molecule has 1 heterocycles. The van der Waals surface area contributed by atoms with Crippen molar-refractivity contribution in [3.05, 3.63) is 0 Å². The normalized spacial score (nSPS) is 39.1. The molecule has 3 atom stereocenters. The first-order chi connectivity index (χ1) is 9.38. The average molecular weight is 294 g/mol. The SMILES string of the molecule is CC12CCC(C(NC(=S)N3CCCCC3)C1=O)C2(C)C. The lowest BCUT2D eigenvalue weighted by Crippen LogP contribution is -2.52. The third-order valence-electron chi connectivity index (χ3n) is 6.46. The second kappa shape index (κ2) is 4.69. The summed E-state index contributed by atoms with van der Waals surface area (Å²) in [6, 6.07) is -0.0572. The lowest BCUT2D eigenvalue weighted by molar-refractivity contribution is -0.129. The fourth-order valence-electron chi connectivity index (χ4n) is 4.57. The number of piperidine rings is 1. The molecule has 3 nitrogen and oxygen atoms in total. The highest BCUT2D eigenvalue weighted by Gasteiger charge is 2.66. The summed E-state index contributed by atoms with van der Waals surface area (Å²) in [5.74, 6) is 0.820. The van der Waals surface area contributed by atoms with Gasteiger partial charge in [0, 0.05) is 18.5 Å². The Kier molecular flexibility index (Phi) is 3.35. The standard InChI is InChI=1S/C16H26N2OS/c1-15(2)11-7-8-16(15,3)13(19)12(11)17-14(20)18-9-5-4-6-10-18/h11-12H,4-10H2,1-3H3,(H,17,20). The van der Waals surface area contributed by atoms with Crippen LogP contribution in [-0.4, -0.2) is 34.9 Å². The molecule has 2 aliphatic carbocycles. The maximum absolute atomic E-state index is 12.8. The van der Waals surface area contributed by atoms with Gasteiger partial charge in [-0.1, -0.05) is 20.8 Å². The van der Waals surface area contributed by atoms with Gasteiger partial charge < -0.3 is 10.2 Å². The zero-order valence-electron chi connectivity index (χ0n) is 12.9. The minimum absolute atomic E-state index is 0.0572. The van der Waals surface area contributed by atoms with E-state index in [1.54, 1.807) is 0 Å². The first-order valence-electron chi connectivity index (χ1n) is 7.98. The monoisotopic (exact) mass is 294 g/mol. The number of rotatable bonds is 1. The molecule has 2 saturated carbocycles. The molecule has 1 aliphatic heterocycles. The smallest absolute Gasteiger partial charge is 0.169 e. The number of likely N-dealkylation sites (tertiary alicyclic amines) is 1. The van der Waals surface area contributed by atoms with Gasteiger partial charge >= 0.3 is 0 Å². The molecule has 3 unspecified atom stereocenters. The third kappa shape index (κ3) is 1.83. The average Bonchev–Trinajstić information content (AvgIpc) is 2.74. The number of fused-ring (bicyclic) bond motifs is 2. The Labute approximate surface area is 127 Å². The number of hydrogen-bond donors (Lipinski definition) is 1. The van der Waals surface area contributed by atoms with Crippen LogP contribution in [-0.2, 0) is 4.79 Å². The quantitative estimate of drug-likeness (QED) is 0.754. The van der Waals surface area contributed by atoms with Crippen molar-refractivity contribution in [2.45, 2.75) is 58.9 Å². The Balaban J connectivity index is 1.73. The summed E-state index contributed by atoms with van der Waals surface area (Å²) < 4.78 is 0. The fraction of sp³-hybridized carbons (Fsp3) is 0.875. The molecular weight excluding hydrogens is 268 g/mol. The molecule has 0 aromatic heterocycles. The number of Topliss-reactive ketones (excluding diaryl/α,β-unsaturated/α-hetero) is 1. The summed E-state index contributed by atoms with van der Waals surface area (Å²) in [7, 11) is 0. The summed E-state index contributed by atoms with van der Waals surface area (Å²) >= 11 is 5.55. The van der Waals surface area contributed by atoms with Gasteiger partial charge in [-0.15, -0.1) is 0 Å². The fourth-order valence-corrected chi connectivity index (χ4v) is 4.88. The van der Waals surface area contributed by atoms with Crippen LogP contribution in [0.3, 0.4) is 0 Å². The molecule has 0 aromatic rings. The van der Waals surface area contributed by atoms with E-state index in [1.165, 1.54) is 19.3 Å². The van der Waals surface area contributed by atoms with Gasteiger partial charge in [0.2, 0.25) is 0 Å². The Morgan fingerprint density at radius 2 is 1.90 bits per heavy atom. The van der Waals surface area contributed by atoms with Crippen LogP contribution < -0.4 is 5.32 Å². The molecule has 0 spiro atoms. The molecule has 1 N–H and O–H groups in total. The molecule has 4 heteroatoms. The first kappa shape index (κ1) is 14.3. The van der Waals surface area contributed by atoms with Gasteiger partial charge in [-0.05, 0) is 55.7 Å². The largest absolute Gasteiger partial charge is 0.352 e. The van der Waals surface area contributed by atoms with E-state index in [0.717, 1.165) is 31.0 Å². The van der Waals surface area contributed by atoms with E-state index in [1.807, 2.05) is 0 Å². The second-order valence-electron chi connectivity index (χ2n) is 7.54. The van der Waals surface area contributed by atoms with Crippen molar-refractivity contribution >= 4 is 23.1 Å². The predicted molar refractivity (Wildman–Crippen MR) is 84.6 cm³/mol. The van der Waals surface area contributed by atoms with Crippen LogP contribution in [0.5, 0.6) is 0 Å². The number of thiocarbonyl (C=S) groups is 1. The summed E-state index contributed by atoms with van der Waals surface area (Å²) in [6.07, 6.45) is 5.92. The van der Waals surface area contributed by atoms with Crippen molar-refractivity contribution in [3.63, 3.8) is 0 Å². The van der Waals surface area contributed by atoms with Gasteiger partial charge in [0.25, 0.3) is 0 Å². The molecule has 0 amide bonds. The van der Waals surface area contributed by atoms with Gasteiger partial charge in [-0.3, -0.25) is 4.79 Å². The van der Waals surface area contributed by atoms with Crippen molar-refractivity contribution in [1.82, 2.24) is 10.2 Å². The summed E-state index contributed by atoms with van der Waals surface area (Å²) in [4.78, 5) is 15.0. The number of hydrogen-bond acceptors (Lipinski definition) is 2. The topological polar surface area (TPSA) is 32.3 Å². The zero-order chi connectivity index (χ0) is 14.5. The number of nitrogens with zero attached hydrogens (tertiary/aromatic N) is 1. The van der Waals surface area contributed by atoms with Crippen molar-refractivity contribution in [2.24, 2.45) is 16.7 Å². The molecular formula is C16H26N2OS. The van der Waals surface area contributed by atoms with Crippen LogP contribution in [0.4, 0.5) is 0 Å². The van der Waals surface area contributed by atoms with E-state index in [0.29, 0.717) is 11.7 Å². The molecule has 0 aromatic carbocycles.